The van der Waals surface area contributed by atoms with E-state index in [1.165, 1.54) is 6.20 Å². The quantitative estimate of drug-likeness (QED) is 0.807. The van der Waals surface area contributed by atoms with Gasteiger partial charge < -0.3 is 0 Å². The van der Waals surface area contributed by atoms with Gasteiger partial charge in [-0.05, 0) is 40.2 Å². The summed E-state index contributed by atoms with van der Waals surface area (Å²) < 4.78 is 3.35. The zero-order valence-corrected chi connectivity index (χ0v) is 10.7. The molecule has 0 N–H and O–H groups in total. The molecule has 0 fully saturated rings. The number of nitriles is 1. The third kappa shape index (κ3) is 1.96. The van der Waals surface area contributed by atoms with Gasteiger partial charge in [0.25, 0.3) is 0 Å². The van der Waals surface area contributed by atoms with Crippen LogP contribution in [0.5, 0.6) is 0 Å². The number of hydrogen-bond acceptors (Lipinski definition) is 2. The van der Waals surface area contributed by atoms with Crippen LogP contribution >= 0.6 is 31.9 Å². The van der Waals surface area contributed by atoms with Gasteiger partial charge in [-0.25, -0.2) is 4.68 Å². The van der Waals surface area contributed by atoms with Gasteiger partial charge in [0.2, 0.25) is 0 Å². The Balaban J connectivity index is 2.51. The highest BCUT2D eigenvalue weighted by Crippen LogP contribution is 2.21. The van der Waals surface area contributed by atoms with Gasteiger partial charge in [0.1, 0.15) is 16.2 Å². The maximum absolute atomic E-state index is 8.78. The molecule has 1 aromatic heterocycles. The molecular formula is C10H5Br2N3. The van der Waals surface area contributed by atoms with E-state index in [9.17, 15) is 0 Å². The van der Waals surface area contributed by atoms with Gasteiger partial charge in [0.05, 0.1) is 11.9 Å². The van der Waals surface area contributed by atoms with Crippen molar-refractivity contribution in [3.05, 3.63) is 45.1 Å². The van der Waals surface area contributed by atoms with Crippen LogP contribution in [0.2, 0.25) is 0 Å². The van der Waals surface area contributed by atoms with Gasteiger partial charge >= 0.3 is 0 Å². The predicted molar refractivity (Wildman–Crippen MR) is 63.7 cm³/mol. The minimum absolute atomic E-state index is 0.526. The minimum Gasteiger partial charge on any atom is -0.225 e. The van der Waals surface area contributed by atoms with Gasteiger partial charge in [-0.15, -0.1) is 0 Å². The number of halogens is 2. The van der Waals surface area contributed by atoms with Crippen LogP contribution in [-0.4, -0.2) is 9.78 Å². The van der Waals surface area contributed by atoms with Crippen LogP contribution in [0.1, 0.15) is 5.56 Å². The number of aromatic nitrogens is 2. The second kappa shape index (κ2) is 4.17. The first-order chi connectivity index (χ1) is 7.22. The van der Waals surface area contributed by atoms with Crippen LogP contribution in [0.4, 0.5) is 0 Å². The minimum atomic E-state index is 0.526. The molecule has 0 bridgehead atoms. The van der Waals surface area contributed by atoms with Crippen molar-refractivity contribution in [1.29, 1.82) is 5.26 Å². The summed E-state index contributed by atoms with van der Waals surface area (Å²) >= 11 is 6.69. The van der Waals surface area contributed by atoms with Crippen molar-refractivity contribution in [2.24, 2.45) is 0 Å². The van der Waals surface area contributed by atoms with Gasteiger partial charge in [0.15, 0.2) is 0 Å². The fraction of sp³-hybridized carbons (Fsp3) is 0. The smallest absolute Gasteiger partial charge is 0.127 e. The van der Waals surface area contributed by atoms with Crippen LogP contribution in [0.25, 0.3) is 5.69 Å². The Bertz CT molecular complexity index is 523. The first-order valence-corrected chi connectivity index (χ1v) is 5.70. The highest BCUT2D eigenvalue weighted by atomic mass is 79.9. The molecule has 0 saturated heterocycles. The van der Waals surface area contributed by atoms with Crippen LogP contribution < -0.4 is 0 Å². The summed E-state index contributed by atoms with van der Waals surface area (Å²) in [5.74, 6) is 0. The molecule has 74 valence electrons. The second-order valence-corrected chi connectivity index (χ2v) is 4.52. The molecule has 15 heavy (non-hydrogen) atoms. The van der Waals surface area contributed by atoms with Crippen LogP contribution in [0, 0.1) is 11.3 Å². The van der Waals surface area contributed by atoms with Crippen molar-refractivity contribution < 1.29 is 0 Å². The normalized spacial score (nSPS) is 9.93. The summed E-state index contributed by atoms with van der Waals surface area (Å²) in [5.41, 5.74) is 1.43. The van der Waals surface area contributed by atoms with Gasteiger partial charge in [-0.2, -0.15) is 10.4 Å². The van der Waals surface area contributed by atoms with Crippen molar-refractivity contribution in [3.8, 4) is 11.8 Å². The van der Waals surface area contributed by atoms with Gasteiger partial charge in [-0.3, -0.25) is 0 Å². The van der Waals surface area contributed by atoms with E-state index in [2.05, 4.69) is 43.0 Å². The lowest BCUT2D eigenvalue weighted by atomic mass is 10.3. The first-order valence-electron chi connectivity index (χ1n) is 4.12. The van der Waals surface area contributed by atoms with E-state index in [1.54, 1.807) is 4.68 Å². The van der Waals surface area contributed by atoms with E-state index in [1.807, 2.05) is 24.3 Å². The number of benzene rings is 1. The standard InChI is InChI=1S/C10H5Br2N3/c11-8-1-3-9(4-2-8)15-10(12)7(5-13)6-14-15/h1-4,6H. The van der Waals surface area contributed by atoms with Crippen molar-refractivity contribution >= 4 is 31.9 Å². The molecule has 0 unspecified atom stereocenters. The van der Waals surface area contributed by atoms with Crippen LogP contribution in [0.3, 0.4) is 0 Å². The van der Waals surface area contributed by atoms with Gasteiger partial charge in [0, 0.05) is 4.47 Å². The fourth-order valence-corrected chi connectivity index (χ4v) is 1.92. The molecule has 0 spiro atoms. The van der Waals surface area contributed by atoms with E-state index < -0.39 is 0 Å². The average Bonchev–Trinajstić information content (AvgIpc) is 2.61. The number of nitrogens with zero attached hydrogens (tertiary/aromatic N) is 3. The molecule has 0 amide bonds. The lowest BCUT2D eigenvalue weighted by molar-refractivity contribution is 0.860. The molecule has 0 atom stereocenters. The Hall–Kier alpha value is -1.12. The fourth-order valence-electron chi connectivity index (χ4n) is 1.17. The maximum Gasteiger partial charge on any atom is 0.127 e. The average molecular weight is 327 g/mol. The summed E-state index contributed by atoms with van der Waals surface area (Å²) in [6.45, 7) is 0. The van der Waals surface area contributed by atoms with Crippen molar-refractivity contribution in [1.82, 2.24) is 9.78 Å². The maximum atomic E-state index is 8.78. The molecule has 3 nitrogen and oxygen atoms in total. The van der Waals surface area contributed by atoms with Crippen LogP contribution in [-0.2, 0) is 0 Å². The Kier molecular flexibility index (Phi) is 2.89. The predicted octanol–water partition coefficient (Wildman–Crippen LogP) is 3.27. The lowest BCUT2D eigenvalue weighted by Gasteiger charge is -2.02. The molecule has 1 heterocycles. The summed E-state index contributed by atoms with van der Waals surface area (Å²) in [4.78, 5) is 0. The SMILES string of the molecule is N#Cc1cnn(-c2ccc(Br)cc2)c1Br. The van der Waals surface area contributed by atoms with Crippen molar-refractivity contribution in [2.45, 2.75) is 0 Å². The van der Waals surface area contributed by atoms with E-state index in [-0.39, 0.29) is 0 Å². The monoisotopic (exact) mass is 325 g/mol. The van der Waals surface area contributed by atoms with Gasteiger partial charge in [-0.1, -0.05) is 15.9 Å². The molecule has 0 radical (unpaired) electrons. The molecule has 0 aliphatic heterocycles. The van der Waals surface area contributed by atoms with E-state index in [0.717, 1.165) is 10.2 Å². The summed E-state index contributed by atoms with van der Waals surface area (Å²) in [6.07, 6.45) is 1.53. The third-order valence-corrected chi connectivity index (χ3v) is 3.19. The molecule has 2 rings (SSSR count). The Morgan fingerprint density at radius 2 is 1.87 bits per heavy atom. The number of rotatable bonds is 1. The molecular weight excluding hydrogens is 322 g/mol. The first kappa shape index (κ1) is 10.4. The Morgan fingerprint density at radius 3 is 2.40 bits per heavy atom. The Labute approximate surface area is 104 Å². The van der Waals surface area contributed by atoms with E-state index in [4.69, 9.17) is 5.26 Å². The van der Waals surface area contributed by atoms with E-state index >= 15 is 0 Å². The largest absolute Gasteiger partial charge is 0.225 e. The lowest BCUT2D eigenvalue weighted by Crippen LogP contribution is -1.95. The van der Waals surface area contributed by atoms with Crippen molar-refractivity contribution in [2.75, 3.05) is 0 Å². The third-order valence-electron chi connectivity index (χ3n) is 1.90. The summed E-state index contributed by atoms with van der Waals surface area (Å²) in [6, 6.07) is 9.75. The van der Waals surface area contributed by atoms with Crippen molar-refractivity contribution in [3.63, 3.8) is 0 Å². The molecule has 2 aromatic rings. The number of hydrogen-bond donors (Lipinski definition) is 0. The zero-order chi connectivity index (χ0) is 10.8. The molecule has 5 heteroatoms. The molecule has 0 aliphatic rings. The van der Waals surface area contributed by atoms with E-state index in [0.29, 0.717) is 10.2 Å². The topological polar surface area (TPSA) is 41.6 Å². The molecule has 0 saturated carbocycles. The Morgan fingerprint density at radius 1 is 1.20 bits per heavy atom. The molecule has 1 aromatic carbocycles. The summed E-state index contributed by atoms with van der Waals surface area (Å²) in [7, 11) is 0. The molecule has 0 aliphatic carbocycles. The summed E-state index contributed by atoms with van der Waals surface area (Å²) in [5, 5.41) is 12.9. The highest BCUT2D eigenvalue weighted by Gasteiger charge is 2.08. The second-order valence-electron chi connectivity index (χ2n) is 2.85. The zero-order valence-electron chi connectivity index (χ0n) is 7.48. The highest BCUT2D eigenvalue weighted by molar-refractivity contribution is 9.10. The van der Waals surface area contributed by atoms with Crippen LogP contribution in [0.15, 0.2) is 39.5 Å².